The van der Waals surface area contributed by atoms with E-state index in [1.54, 1.807) is 11.8 Å². The molecule has 0 aliphatic heterocycles. The van der Waals surface area contributed by atoms with E-state index >= 15 is 0 Å². The predicted molar refractivity (Wildman–Crippen MR) is 208 cm³/mol. The first kappa shape index (κ1) is 36.7. The zero-order valence-corrected chi connectivity index (χ0v) is 33.7. The van der Waals surface area contributed by atoms with Crippen LogP contribution in [-0.4, -0.2) is 25.6 Å². The summed E-state index contributed by atoms with van der Waals surface area (Å²) in [7, 11) is 0. The van der Waals surface area contributed by atoms with Crippen molar-refractivity contribution in [2.45, 2.75) is 66.2 Å². The molecule has 7 aromatic rings. The summed E-state index contributed by atoms with van der Waals surface area (Å²) >= 11 is 1.70. The van der Waals surface area contributed by atoms with Crippen LogP contribution < -0.4 is 4.74 Å². The Morgan fingerprint density at radius 2 is 1.49 bits per heavy atom. The fraction of sp³-hybridized carbons (Fsp3) is 0.273. The molecule has 51 heavy (non-hydrogen) atoms. The maximum absolute atomic E-state index is 6.45. The largest absolute Gasteiger partial charge is 2.00 e. The van der Waals surface area contributed by atoms with Gasteiger partial charge in [0.15, 0.2) is 0 Å². The Kier molecular flexibility index (Phi) is 11.0. The molecule has 7 heteroatoms. The molecule has 262 valence electrons. The average molecular weight is 872 g/mol. The van der Waals surface area contributed by atoms with E-state index in [4.69, 9.17) is 14.8 Å². The van der Waals surface area contributed by atoms with E-state index < -0.39 is 0 Å². The van der Waals surface area contributed by atoms with Gasteiger partial charge in [-0.25, -0.2) is 4.98 Å². The fourth-order valence-corrected chi connectivity index (χ4v) is 7.54. The SMILES string of the molecule is CSc1ccnc(-n2c3[c-]c(Oc4[c-]c(-n5cc(-c6c(CC(C)C)c(C)c(C)c(C)c6CC(C)C)cn5)ccc4)ccc3c3ccccc32)c1.[Pt+2]. The molecule has 0 aliphatic carbocycles. The van der Waals surface area contributed by atoms with E-state index in [0.717, 1.165) is 56.6 Å². The first-order valence-electron chi connectivity index (χ1n) is 17.5. The molecule has 0 spiro atoms. The van der Waals surface area contributed by atoms with Crippen LogP contribution in [-0.2, 0) is 33.9 Å². The van der Waals surface area contributed by atoms with Gasteiger partial charge in [0.1, 0.15) is 5.82 Å². The summed E-state index contributed by atoms with van der Waals surface area (Å²) in [5.74, 6) is 3.16. The number of para-hydroxylation sites is 1. The molecule has 0 saturated heterocycles. The number of pyridine rings is 1. The number of nitrogens with zero attached hydrogens (tertiary/aromatic N) is 4. The normalized spacial score (nSPS) is 11.6. The zero-order chi connectivity index (χ0) is 35.1. The molecule has 0 atom stereocenters. The van der Waals surface area contributed by atoms with Crippen LogP contribution in [0.25, 0.3) is 44.4 Å². The second kappa shape index (κ2) is 15.2. The Hall–Kier alpha value is -4.12. The minimum Gasteiger partial charge on any atom is -0.509 e. The van der Waals surface area contributed by atoms with E-state index in [-0.39, 0.29) is 21.1 Å². The molecule has 3 heterocycles. The monoisotopic (exact) mass is 871 g/mol. The summed E-state index contributed by atoms with van der Waals surface area (Å²) < 4.78 is 10.5. The third kappa shape index (κ3) is 7.18. The third-order valence-electron chi connectivity index (χ3n) is 9.69. The summed E-state index contributed by atoms with van der Waals surface area (Å²) in [5.41, 5.74) is 12.4. The maximum atomic E-state index is 6.45. The van der Waals surface area contributed by atoms with Gasteiger partial charge in [-0.1, -0.05) is 51.4 Å². The molecule has 0 fully saturated rings. The first-order chi connectivity index (χ1) is 24.1. The number of benzene rings is 4. The van der Waals surface area contributed by atoms with Crippen molar-refractivity contribution in [2.24, 2.45) is 11.8 Å². The van der Waals surface area contributed by atoms with Crippen molar-refractivity contribution < 1.29 is 25.8 Å². The molecule has 0 radical (unpaired) electrons. The third-order valence-corrected chi connectivity index (χ3v) is 10.4. The maximum Gasteiger partial charge on any atom is 2.00 e. The molecule has 0 N–H and O–H groups in total. The van der Waals surface area contributed by atoms with E-state index in [0.29, 0.717) is 23.3 Å². The van der Waals surface area contributed by atoms with Crippen molar-refractivity contribution >= 4 is 33.6 Å². The molecule has 5 nitrogen and oxygen atoms in total. The number of hydrogen-bond acceptors (Lipinski definition) is 4. The minimum absolute atomic E-state index is 0. The molecule has 0 unspecified atom stereocenters. The summed E-state index contributed by atoms with van der Waals surface area (Å²) in [5, 5.41) is 7.12. The number of fused-ring (bicyclic) bond motifs is 3. The van der Waals surface area contributed by atoms with Gasteiger partial charge in [0.05, 0.1) is 6.20 Å². The Morgan fingerprint density at radius 1 is 0.784 bits per heavy atom. The summed E-state index contributed by atoms with van der Waals surface area (Å²) in [6, 6.07) is 29.6. The molecule has 0 bridgehead atoms. The zero-order valence-electron chi connectivity index (χ0n) is 30.6. The van der Waals surface area contributed by atoms with Crippen molar-refractivity contribution in [3.05, 3.63) is 125 Å². The fourth-order valence-electron chi connectivity index (χ4n) is 7.12. The molecular formula is C44H44N4OPtS. The topological polar surface area (TPSA) is 44.9 Å². The molecule has 0 amide bonds. The molecule has 0 saturated carbocycles. The number of rotatable bonds is 10. The van der Waals surface area contributed by atoms with E-state index in [2.05, 4.69) is 114 Å². The van der Waals surface area contributed by atoms with E-state index in [1.165, 1.54) is 33.4 Å². The quantitative estimate of drug-likeness (QED) is 0.101. The summed E-state index contributed by atoms with van der Waals surface area (Å²) in [6.45, 7) is 16.1. The van der Waals surface area contributed by atoms with E-state index in [9.17, 15) is 0 Å². The van der Waals surface area contributed by atoms with Crippen molar-refractivity contribution in [3.8, 4) is 34.1 Å². The van der Waals surface area contributed by atoms with Crippen molar-refractivity contribution in [2.75, 3.05) is 6.26 Å². The van der Waals surface area contributed by atoms with Gasteiger partial charge in [0.25, 0.3) is 0 Å². The van der Waals surface area contributed by atoms with E-state index in [1.807, 2.05) is 47.4 Å². The van der Waals surface area contributed by atoms with Crippen LogP contribution in [0.1, 0.15) is 55.5 Å². The van der Waals surface area contributed by atoms with Crippen LogP contribution in [0, 0.1) is 44.7 Å². The van der Waals surface area contributed by atoms with Crippen molar-refractivity contribution in [1.29, 1.82) is 0 Å². The van der Waals surface area contributed by atoms with Gasteiger partial charge in [0.2, 0.25) is 0 Å². The smallest absolute Gasteiger partial charge is 0.509 e. The molecule has 3 aromatic heterocycles. The molecule has 7 rings (SSSR count). The molecule has 4 aromatic carbocycles. The van der Waals surface area contributed by atoms with Gasteiger partial charge < -0.3 is 9.30 Å². The van der Waals surface area contributed by atoms with Crippen LogP contribution in [0.2, 0.25) is 0 Å². The van der Waals surface area contributed by atoms with Gasteiger partial charge in [-0.15, -0.1) is 47.5 Å². The Bertz CT molecular complexity index is 2310. The van der Waals surface area contributed by atoms with Gasteiger partial charge >= 0.3 is 21.1 Å². The summed E-state index contributed by atoms with van der Waals surface area (Å²) in [4.78, 5) is 5.89. The predicted octanol–water partition coefficient (Wildman–Crippen LogP) is 11.5. The standard InChI is InChI=1S/C44H44N4OS.Pt/c1-27(2)20-39-30(6)29(5)31(7)40(21-28(3)4)44(39)32-25-46-47(26-32)33-12-11-13-34(22-33)49-35-16-17-38-37-14-9-10-15-41(37)48(42(38)23-35)43-24-36(50-8)18-19-45-43;/h9-19,24-28H,20-21H2,1-8H3;/q-2;+2. The first-order valence-corrected chi connectivity index (χ1v) is 18.7. The van der Waals surface area contributed by atoms with Crippen LogP contribution in [0.4, 0.5) is 0 Å². The number of hydrogen-bond donors (Lipinski definition) is 0. The second-order valence-electron chi connectivity index (χ2n) is 14.1. The average Bonchev–Trinajstić information content (AvgIpc) is 3.72. The van der Waals surface area contributed by atoms with Crippen LogP contribution >= 0.6 is 11.8 Å². The Morgan fingerprint density at radius 3 is 2.20 bits per heavy atom. The second-order valence-corrected chi connectivity index (χ2v) is 14.9. The minimum atomic E-state index is 0. The van der Waals surface area contributed by atoms with Crippen LogP contribution in [0.5, 0.6) is 11.5 Å². The van der Waals surface area contributed by atoms with Gasteiger partial charge in [-0.05, 0) is 114 Å². The van der Waals surface area contributed by atoms with Gasteiger partial charge in [-0.2, -0.15) is 17.2 Å². The van der Waals surface area contributed by atoms with Crippen LogP contribution in [0.3, 0.4) is 0 Å². The number of aromatic nitrogens is 4. The number of ether oxygens (including phenoxy) is 1. The Labute approximate surface area is 320 Å². The van der Waals surface area contributed by atoms with Gasteiger partial charge in [0, 0.05) is 39.9 Å². The molecule has 0 aliphatic rings. The number of thioether (sulfide) groups is 1. The van der Waals surface area contributed by atoms with Crippen molar-refractivity contribution in [3.63, 3.8) is 0 Å². The van der Waals surface area contributed by atoms with Gasteiger partial charge in [-0.3, -0.25) is 4.68 Å². The molecular weight excluding hydrogens is 828 g/mol. The van der Waals surface area contributed by atoms with Crippen LogP contribution in [0.15, 0.2) is 90.2 Å². The Balaban J connectivity index is 0.00000448. The van der Waals surface area contributed by atoms with Crippen molar-refractivity contribution in [1.82, 2.24) is 19.3 Å². The summed E-state index contributed by atoms with van der Waals surface area (Å²) in [6.07, 6.45) is 10.2.